The average Bonchev–Trinajstić information content (AvgIpc) is 2.75. The maximum atomic E-state index is 12.0. The van der Waals surface area contributed by atoms with E-state index in [4.69, 9.17) is 5.73 Å². The van der Waals surface area contributed by atoms with Crippen LogP contribution in [0.1, 0.15) is 5.56 Å². The van der Waals surface area contributed by atoms with Crippen molar-refractivity contribution in [3.63, 3.8) is 0 Å². The largest absolute Gasteiger partial charge is 0.388 e. The fourth-order valence-electron chi connectivity index (χ4n) is 2.19. The lowest BCUT2D eigenvalue weighted by molar-refractivity contribution is 0.0453. The fourth-order valence-corrected chi connectivity index (χ4v) is 2.19. The van der Waals surface area contributed by atoms with Crippen LogP contribution in [-0.4, -0.2) is 52.0 Å². The number of aliphatic hydroxyl groups is 2. The molecule has 0 aromatic carbocycles. The molecule has 0 unspecified atom stereocenters. The molecule has 8 nitrogen and oxygen atoms in total. The van der Waals surface area contributed by atoms with Crippen LogP contribution in [0.2, 0.25) is 0 Å². The van der Waals surface area contributed by atoms with Crippen LogP contribution in [0.25, 0.3) is 5.57 Å². The summed E-state index contributed by atoms with van der Waals surface area (Å²) in [6.07, 6.45) is 1.39. The van der Waals surface area contributed by atoms with Crippen molar-refractivity contribution in [3.05, 3.63) is 34.6 Å². The summed E-state index contributed by atoms with van der Waals surface area (Å²) in [6, 6.07) is -0.393. The minimum Gasteiger partial charge on any atom is -0.388 e. The summed E-state index contributed by atoms with van der Waals surface area (Å²) in [6.45, 7) is 4.11. The van der Waals surface area contributed by atoms with E-state index in [1.54, 1.807) is 13.1 Å². The highest BCUT2D eigenvalue weighted by atomic mass is 16.3. The van der Waals surface area contributed by atoms with Gasteiger partial charge in [-0.2, -0.15) is 4.98 Å². The van der Waals surface area contributed by atoms with Gasteiger partial charge in [-0.3, -0.25) is 9.78 Å². The second-order valence-corrected chi connectivity index (χ2v) is 4.80. The fraction of sp³-hybridized carbons (Fsp3) is 0.385. The van der Waals surface area contributed by atoms with Gasteiger partial charge in [-0.15, -0.1) is 0 Å². The highest BCUT2D eigenvalue weighted by molar-refractivity contribution is 5.73. The number of rotatable bonds is 5. The zero-order chi connectivity index (χ0) is 15.6. The highest BCUT2D eigenvalue weighted by Crippen LogP contribution is 2.17. The molecule has 1 aromatic heterocycles. The molecule has 0 aliphatic heterocycles. The van der Waals surface area contributed by atoms with Crippen molar-refractivity contribution in [2.24, 2.45) is 0 Å². The molecule has 0 bridgehead atoms. The second-order valence-electron chi connectivity index (χ2n) is 4.80. The third kappa shape index (κ3) is 3.13. The molecule has 0 radical (unpaired) electrons. The summed E-state index contributed by atoms with van der Waals surface area (Å²) in [7, 11) is 1.63. The summed E-state index contributed by atoms with van der Waals surface area (Å²) < 4.78 is 0. The number of hydrogen-bond acceptors (Lipinski definition) is 7. The van der Waals surface area contributed by atoms with E-state index < -0.39 is 18.2 Å². The first-order valence-electron chi connectivity index (χ1n) is 6.47. The number of nitrogens with one attached hydrogen (secondary N) is 3. The summed E-state index contributed by atoms with van der Waals surface area (Å²) in [5.41, 5.74) is 5.90. The zero-order valence-corrected chi connectivity index (χ0v) is 11.6. The van der Waals surface area contributed by atoms with Gasteiger partial charge in [0.2, 0.25) is 5.95 Å². The number of nitrogens with two attached hydrogens (primary N) is 1. The van der Waals surface area contributed by atoms with Gasteiger partial charge in [0.25, 0.3) is 5.56 Å². The van der Waals surface area contributed by atoms with Crippen LogP contribution in [0.5, 0.6) is 0 Å². The Hall–Kier alpha value is -2.16. The standard InChI is InChI=1S/C13H19N5O3/c1-6(5-16-7-3-4-8(19)10(7)20)9-11(15-2)17-13(14)18-12(9)21/h3-4,7-8,10,16,19-20H,1,5H2,2H3,(H4,14,15,17,18,21)/t7-,8-,10+/m1/s1. The van der Waals surface area contributed by atoms with Gasteiger partial charge in [-0.1, -0.05) is 18.7 Å². The third-order valence-corrected chi connectivity index (χ3v) is 3.31. The van der Waals surface area contributed by atoms with E-state index in [-0.39, 0.29) is 18.1 Å². The summed E-state index contributed by atoms with van der Waals surface area (Å²) in [5.74, 6) is 0.358. The molecule has 0 spiro atoms. The van der Waals surface area contributed by atoms with Crippen molar-refractivity contribution in [1.29, 1.82) is 0 Å². The molecule has 7 N–H and O–H groups in total. The van der Waals surface area contributed by atoms with Crippen molar-refractivity contribution in [3.8, 4) is 0 Å². The van der Waals surface area contributed by atoms with Crippen molar-refractivity contribution >= 4 is 17.3 Å². The van der Waals surface area contributed by atoms with Gasteiger partial charge in [0.15, 0.2) is 0 Å². The first-order valence-corrected chi connectivity index (χ1v) is 6.47. The quantitative estimate of drug-likeness (QED) is 0.370. The lowest BCUT2D eigenvalue weighted by Crippen LogP contribution is -2.41. The highest BCUT2D eigenvalue weighted by Gasteiger charge is 2.28. The Morgan fingerprint density at radius 3 is 2.81 bits per heavy atom. The van der Waals surface area contributed by atoms with E-state index in [1.807, 2.05) is 0 Å². The molecule has 0 amide bonds. The monoisotopic (exact) mass is 293 g/mol. The SMILES string of the molecule is C=C(CN[C@@H]1C=C[C@@H](O)[C@H]1O)c1c(NC)nc(N)[nH]c1=O. The Morgan fingerprint density at radius 1 is 1.52 bits per heavy atom. The van der Waals surface area contributed by atoms with Crippen LogP contribution in [0.4, 0.5) is 11.8 Å². The van der Waals surface area contributed by atoms with Crippen LogP contribution in [0, 0.1) is 0 Å². The molecule has 8 heteroatoms. The van der Waals surface area contributed by atoms with Crippen LogP contribution >= 0.6 is 0 Å². The van der Waals surface area contributed by atoms with Gasteiger partial charge in [0.1, 0.15) is 11.9 Å². The molecule has 1 aromatic rings. The van der Waals surface area contributed by atoms with Gasteiger partial charge in [0, 0.05) is 13.6 Å². The molecule has 1 aliphatic carbocycles. The van der Waals surface area contributed by atoms with Crippen molar-refractivity contribution in [1.82, 2.24) is 15.3 Å². The Bertz CT molecular complexity index is 625. The number of anilines is 2. The molecule has 114 valence electrons. The van der Waals surface area contributed by atoms with Crippen molar-refractivity contribution in [2.75, 3.05) is 24.6 Å². The maximum Gasteiger partial charge on any atom is 0.262 e. The van der Waals surface area contributed by atoms with Gasteiger partial charge in [-0.25, -0.2) is 0 Å². The van der Waals surface area contributed by atoms with Crippen LogP contribution in [0.15, 0.2) is 23.5 Å². The van der Waals surface area contributed by atoms with Gasteiger partial charge in [-0.05, 0) is 5.57 Å². The molecule has 1 heterocycles. The minimum atomic E-state index is -0.913. The Balaban J connectivity index is 2.11. The average molecular weight is 293 g/mol. The molecule has 0 fully saturated rings. The van der Waals surface area contributed by atoms with Crippen molar-refractivity contribution in [2.45, 2.75) is 18.2 Å². The minimum absolute atomic E-state index is 0.0196. The molecule has 3 atom stereocenters. The number of nitrogens with zero attached hydrogens (tertiary/aromatic N) is 1. The number of H-pyrrole nitrogens is 1. The number of aromatic amines is 1. The number of hydrogen-bond donors (Lipinski definition) is 6. The molecular formula is C13H19N5O3. The third-order valence-electron chi connectivity index (χ3n) is 3.31. The molecule has 0 saturated heterocycles. The molecule has 2 rings (SSSR count). The normalized spacial score (nSPS) is 24.2. The summed E-state index contributed by atoms with van der Waals surface area (Å²) >= 11 is 0. The van der Waals surface area contributed by atoms with Crippen LogP contribution < -0.4 is 21.9 Å². The van der Waals surface area contributed by atoms with E-state index in [2.05, 4.69) is 27.2 Å². The maximum absolute atomic E-state index is 12.0. The van der Waals surface area contributed by atoms with E-state index in [9.17, 15) is 15.0 Å². The predicted octanol–water partition coefficient (Wildman–Crippen LogP) is -1.34. The topological polar surface area (TPSA) is 136 Å². The van der Waals surface area contributed by atoms with Gasteiger partial charge >= 0.3 is 0 Å². The Labute approximate surface area is 121 Å². The first-order chi connectivity index (χ1) is 9.93. The lowest BCUT2D eigenvalue weighted by atomic mass is 10.1. The molecule has 1 aliphatic rings. The first kappa shape index (κ1) is 15.2. The second kappa shape index (κ2) is 6.08. The summed E-state index contributed by atoms with van der Waals surface area (Å²) in [5, 5.41) is 25.0. The van der Waals surface area contributed by atoms with E-state index in [0.29, 0.717) is 17.0 Å². The molecule has 21 heavy (non-hydrogen) atoms. The van der Waals surface area contributed by atoms with E-state index in [1.165, 1.54) is 6.08 Å². The van der Waals surface area contributed by atoms with Gasteiger partial charge in [0.05, 0.1) is 17.7 Å². The Morgan fingerprint density at radius 2 is 2.24 bits per heavy atom. The van der Waals surface area contributed by atoms with Crippen molar-refractivity contribution < 1.29 is 10.2 Å². The number of aliphatic hydroxyl groups excluding tert-OH is 2. The van der Waals surface area contributed by atoms with Crippen LogP contribution in [0.3, 0.4) is 0 Å². The predicted molar refractivity (Wildman–Crippen MR) is 80.8 cm³/mol. The van der Waals surface area contributed by atoms with E-state index in [0.717, 1.165) is 0 Å². The smallest absolute Gasteiger partial charge is 0.262 e. The zero-order valence-electron chi connectivity index (χ0n) is 11.6. The van der Waals surface area contributed by atoms with Crippen LogP contribution in [-0.2, 0) is 0 Å². The number of aromatic nitrogens is 2. The number of nitrogen functional groups attached to an aromatic ring is 1. The van der Waals surface area contributed by atoms with Gasteiger partial charge < -0.3 is 26.6 Å². The van der Waals surface area contributed by atoms with E-state index >= 15 is 0 Å². The Kier molecular flexibility index (Phi) is 4.41. The molecular weight excluding hydrogens is 274 g/mol. The molecule has 0 saturated carbocycles. The summed E-state index contributed by atoms with van der Waals surface area (Å²) in [4.78, 5) is 18.4. The lowest BCUT2D eigenvalue weighted by Gasteiger charge is -2.19.